The van der Waals surface area contributed by atoms with Gasteiger partial charge in [0.05, 0.1) is 12.9 Å². The van der Waals surface area contributed by atoms with Gasteiger partial charge in [-0.1, -0.05) is 56.3 Å². The Morgan fingerprint density at radius 1 is 1.05 bits per heavy atom. The second-order valence-electron chi connectivity index (χ2n) is 5.25. The van der Waals surface area contributed by atoms with E-state index in [0.29, 0.717) is 19.1 Å². The molecule has 0 aliphatic rings. The normalized spacial score (nSPS) is 11.6. The first-order valence-electron chi connectivity index (χ1n) is 7.08. The van der Waals surface area contributed by atoms with Crippen LogP contribution in [0.5, 0.6) is 0 Å². The number of hydrogen-bond donors (Lipinski definition) is 0. The van der Waals surface area contributed by atoms with Gasteiger partial charge in [-0.2, -0.15) is 0 Å². The number of fused-ring (bicyclic) bond motifs is 1. The molecule has 0 spiro atoms. The van der Waals surface area contributed by atoms with Crippen LogP contribution in [0.4, 0.5) is 0 Å². The summed E-state index contributed by atoms with van der Waals surface area (Å²) in [7, 11) is 0. The summed E-state index contributed by atoms with van der Waals surface area (Å²) in [4.78, 5) is 0. The largest absolute Gasteiger partial charge is 0.497 e. The van der Waals surface area contributed by atoms with Crippen molar-refractivity contribution < 1.29 is 9.47 Å². The van der Waals surface area contributed by atoms with Crippen LogP contribution in [0, 0.1) is 5.92 Å². The SMILES string of the molecule is CC(C)COC/C=C/OCc1cccc2ccccc12. The zero-order chi connectivity index (χ0) is 14.2. The van der Waals surface area contributed by atoms with Crippen LogP contribution in [0.3, 0.4) is 0 Å². The smallest absolute Gasteiger partial charge is 0.113 e. The molecule has 106 valence electrons. The van der Waals surface area contributed by atoms with Gasteiger partial charge in [0.15, 0.2) is 0 Å². The van der Waals surface area contributed by atoms with Gasteiger partial charge < -0.3 is 9.47 Å². The molecule has 0 aliphatic carbocycles. The van der Waals surface area contributed by atoms with Crippen molar-refractivity contribution in [1.29, 1.82) is 0 Å². The Labute approximate surface area is 121 Å². The maximum atomic E-state index is 5.57. The van der Waals surface area contributed by atoms with E-state index in [1.54, 1.807) is 6.26 Å². The minimum Gasteiger partial charge on any atom is -0.497 e. The van der Waals surface area contributed by atoms with Gasteiger partial charge in [0, 0.05) is 6.61 Å². The minimum absolute atomic E-state index is 0.569. The fourth-order valence-electron chi connectivity index (χ4n) is 2.04. The summed E-state index contributed by atoms with van der Waals surface area (Å²) in [6.45, 7) is 6.25. The van der Waals surface area contributed by atoms with Crippen LogP contribution in [0.25, 0.3) is 10.8 Å². The van der Waals surface area contributed by atoms with Gasteiger partial charge in [0.25, 0.3) is 0 Å². The molecule has 0 amide bonds. The van der Waals surface area contributed by atoms with Gasteiger partial charge in [0.1, 0.15) is 6.61 Å². The predicted octanol–water partition coefficient (Wildman–Crippen LogP) is 4.54. The summed E-state index contributed by atoms with van der Waals surface area (Å²) in [6, 6.07) is 14.6. The molecule has 0 aliphatic heterocycles. The number of ether oxygens (including phenoxy) is 2. The molecule has 0 unspecified atom stereocenters. The van der Waals surface area contributed by atoms with Crippen LogP contribution in [-0.4, -0.2) is 13.2 Å². The van der Waals surface area contributed by atoms with Gasteiger partial charge in [-0.05, 0) is 28.3 Å². The summed E-state index contributed by atoms with van der Waals surface area (Å²) in [5.41, 5.74) is 1.20. The first-order valence-corrected chi connectivity index (χ1v) is 7.08. The van der Waals surface area contributed by atoms with Crippen molar-refractivity contribution in [3.8, 4) is 0 Å². The van der Waals surface area contributed by atoms with Crippen LogP contribution in [0.2, 0.25) is 0 Å². The van der Waals surface area contributed by atoms with Crippen LogP contribution in [0.15, 0.2) is 54.8 Å². The summed E-state index contributed by atoms with van der Waals surface area (Å²) in [5, 5.41) is 2.50. The molecule has 0 radical (unpaired) electrons. The van der Waals surface area contributed by atoms with E-state index in [1.165, 1.54) is 16.3 Å². The Morgan fingerprint density at radius 3 is 2.70 bits per heavy atom. The molecule has 2 heteroatoms. The van der Waals surface area contributed by atoms with E-state index in [4.69, 9.17) is 9.47 Å². The molecule has 0 bridgehead atoms. The molecule has 2 rings (SSSR count). The molecule has 0 heterocycles. The van der Waals surface area contributed by atoms with Crippen molar-refractivity contribution >= 4 is 10.8 Å². The number of benzene rings is 2. The highest BCUT2D eigenvalue weighted by atomic mass is 16.5. The zero-order valence-electron chi connectivity index (χ0n) is 12.2. The van der Waals surface area contributed by atoms with Crippen molar-refractivity contribution in [2.45, 2.75) is 20.5 Å². The molecule has 2 aromatic rings. The minimum atomic E-state index is 0.569. The topological polar surface area (TPSA) is 18.5 Å². The lowest BCUT2D eigenvalue weighted by molar-refractivity contribution is 0.132. The predicted molar refractivity (Wildman–Crippen MR) is 83.5 cm³/mol. The highest BCUT2D eigenvalue weighted by Crippen LogP contribution is 2.19. The molecule has 20 heavy (non-hydrogen) atoms. The molecule has 0 N–H and O–H groups in total. The third-order valence-electron chi connectivity index (χ3n) is 2.98. The Kier molecular flexibility index (Phi) is 5.63. The summed E-state index contributed by atoms with van der Waals surface area (Å²) < 4.78 is 11.0. The fourth-order valence-corrected chi connectivity index (χ4v) is 2.04. The van der Waals surface area contributed by atoms with Crippen LogP contribution in [0.1, 0.15) is 19.4 Å². The standard InChI is InChI=1S/C18H22O2/c1-15(2)13-19-11-6-12-20-14-17-9-5-8-16-7-3-4-10-18(16)17/h3-10,12,15H,11,13-14H2,1-2H3/b12-6+. The maximum absolute atomic E-state index is 5.57. The van der Waals surface area contributed by atoms with E-state index >= 15 is 0 Å². The molecular weight excluding hydrogens is 248 g/mol. The van der Waals surface area contributed by atoms with E-state index < -0.39 is 0 Å². The Morgan fingerprint density at radius 2 is 1.85 bits per heavy atom. The quantitative estimate of drug-likeness (QED) is 0.543. The lowest BCUT2D eigenvalue weighted by Gasteiger charge is -2.06. The molecular formula is C18H22O2. The van der Waals surface area contributed by atoms with Crippen LogP contribution in [-0.2, 0) is 16.1 Å². The van der Waals surface area contributed by atoms with Gasteiger partial charge in [0.2, 0.25) is 0 Å². The second-order valence-corrected chi connectivity index (χ2v) is 5.25. The summed E-state index contributed by atoms with van der Waals surface area (Å²) in [6.07, 6.45) is 3.63. The van der Waals surface area contributed by atoms with E-state index in [-0.39, 0.29) is 0 Å². The number of rotatable bonds is 7. The van der Waals surface area contributed by atoms with Crippen LogP contribution < -0.4 is 0 Å². The van der Waals surface area contributed by atoms with Gasteiger partial charge in [-0.3, -0.25) is 0 Å². The molecule has 0 saturated heterocycles. The first-order chi connectivity index (χ1) is 9.77. The zero-order valence-corrected chi connectivity index (χ0v) is 12.2. The first kappa shape index (κ1) is 14.6. The Bertz CT molecular complexity index is 553. The highest BCUT2D eigenvalue weighted by molar-refractivity contribution is 5.85. The van der Waals surface area contributed by atoms with Gasteiger partial charge in [-0.25, -0.2) is 0 Å². The molecule has 2 aromatic carbocycles. The average Bonchev–Trinajstić information content (AvgIpc) is 2.46. The molecule has 0 saturated carbocycles. The van der Waals surface area contributed by atoms with Crippen molar-refractivity contribution in [2.24, 2.45) is 5.92 Å². The fraction of sp³-hybridized carbons (Fsp3) is 0.333. The molecule has 2 nitrogen and oxygen atoms in total. The molecule has 0 fully saturated rings. The third kappa shape index (κ3) is 4.39. The van der Waals surface area contributed by atoms with Gasteiger partial charge in [-0.15, -0.1) is 0 Å². The molecule has 0 atom stereocenters. The van der Waals surface area contributed by atoms with E-state index in [0.717, 1.165) is 6.61 Å². The Balaban J connectivity index is 1.83. The second kappa shape index (κ2) is 7.71. The Hall–Kier alpha value is -1.80. The lowest BCUT2D eigenvalue weighted by atomic mass is 10.1. The monoisotopic (exact) mass is 270 g/mol. The van der Waals surface area contributed by atoms with Crippen molar-refractivity contribution in [1.82, 2.24) is 0 Å². The summed E-state index contributed by atoms with van der Waals surface area (Å²) >= 11 is 0. The molecule has 0 aromatic heterocycles. The van der Waals surface area contributed by atoms with Crippen molar-refractivity contribution in [2.75, 3.05) is 13.2 Å². The number of hydrogen-bond acceptors (Lipinski definition) is 2. The van der Waals surface area contributed by atoms with Crippen molar-refractivity contribution in [3.05, 3.63) is 60.4 Å². The van der Waals surface area contributed by atoms with E-state index in [1.807, 2.05) is 6.08 Å². The summed E-state index contributed by atoms with van der Waals surface area (Å²) in [5.74, 6) is 0.569. The van der Waals surface area contributed by atoms with Crippen molar-refractivity contribution in [3.63, 3.8) is 0 Å². The van der Waals surface area contributed by atoms with E-state index in [9.17, 15) is 0 Å². The lowest BCUT2D eigenvalue weighted by Crippen LogP contribution is -2.01. The third-order valence-corrected chi connectivity index (χ3v) is 2.98. The van der Waals surface area contributed by atoms with Gasteiger partial charge >= 0.3 is 0 Å². The van der Waals surface area contributed by atoms with Crippen LogP contribution >= 0.6 is 0 Å². The highest BCUT2D eigenvalue weighted by Gasteiger charge is 1.99. The maximum Gasteiger partial charge on any atom is 0.113 e. The van der Waals surface area contributed by atoms with E-state index in [2.05, 4.69) is 56.3 Å². The average molecular weight is 270 g/mol.